The second-order valence-electron chi connectivity index (χ2n) is 7.61. The summed E-state index contributed by atoms with van der Waals surface area (Å²) in [6, 6.07) is 18.8. The Kier molecular flexibility index (Phi) is 7.20. The Bertz CT molecular complexity index is 1210. The zero-order chi connectivity index (χ0) is 23.3. The predicted octanol–water partition coefficient (Wildman–Crippen LogP) is 4.99. The molecule has 0 aromatic heterocycles. The highest BCUT2D eigenvalue weighted by atomic mass is 32.2. The molecular formula is C25H28N2O4S. The molecule has 7 heteroatoms. The van der Waals surface area contributed by atoms with Crippen LogP contribution < -0.4 is 14.8 Å². The average Bonchev–Trinajstić information content (AvgIpc) is 2.79. The number of carbonyl (C=O) groups excluding carboxylic acids is 1. The lowest BCUT2D eigenvalue weighted by Crippen LogP contribution is -2.28. The SMILES string of the molecule is CC[C@H](NC(=O)c1ccc(C)c(NS(=O)(=O)c2ccccc2)c1)c1ccc(OC)c(C)c1. The summed E-state index contributed by atoms with van der Waals surface area (Å²) < 4.78 is 33.3. The minimum absolute atomic E-state index is 0.162. The number of sulfonamides is 1. The highest BCUT2D eigenvalue weighted by Gasteiger charge is 2.18. The molecule has 0 aliphatic heterocycles. The molecule has 6 nitrogen and oxygen atoms in total. The molecule has 1 atom stereocenters. The Morgan fingerprint density at radius 1 is 0.969 bits per heavy atom. The van der Waals surface area contributed by atoms with E-state index in [1.165, 1.54) is 12.1 Å². The topological polar surface area (TPSA) is 84.5 Å². The lowest BCUT2D eigenvalue weighted by molar-refractivity contribution is 0.0935. The number of aryl methyl sites for hydroxylation is 2. The number of anilines is 1. The average molecular weight is 453 g/mol. The van der Waals surface area contributed by atoms with E-state index in [-0.39, 0.29) is 16.8 Å². The summed E-state index contributed by atoms with van der Waals surface area (Å²) in [6.45, 7) is 5.75. The van der Waals surface area contributed by atoms with E-state index in [1.807, 2.05) is 32.0 Å². The number of hydrogen-bond donors (Lipinski definition) is 2. The minimum Gasteiger partial charge on any atom is -0.496 e. The Labute approximate surface area is 189 Å². The van der Waals surface area contributed by atoms with Gasteiger partial charge in [0, 0.05) is 5.56 Å². The lowest BCUT2D eigenvalue weighted by atomic mass is 10.0. The summed E-state index contributed by atoms with van der Waals surface area (Å²) >= 11 is 0. The van der Waals surface area contributed by atoms with Crippen molar-refractivity contribution in [1.29, 1.82) is 0 Å². The van der Waals surface area contributed by atoms with Crippen LogP contribution >= 0.6 is 0 Å². The van der Waals surface area contributed by atoms with Gasteiger partial charge in [0.15, 0.2) is 0 Å². The van der Waals surface area contributed by atoms with Crippen LogP contribution in [0.2, 0.25) is 0 Å². The maximum absolute atomic E-state index is 13.0. The summed E-state index contributed by atoms with van der Waals surface area (Å²) in [6.07, 6.45) is 0.705. The molecule has 0 saturated carbocycles. The van der Waals surface area contributed by atoms with Crippen molar-refractivity contribution in [2.45, 2.75) is 38.1 Å². The summed E-state index contributed by atoms with van der Waals surface area (Å²) in [5.41, 5.74) is 3.45. The monoisotopic (exact) mass is 452 g/mol. The van der Waals surface area contributed by atoms with Gasteiger partial charge in [-0.3, -0.25) is 9.52 Å². The van der Waals surface area contributed by atoms with Crippen LogP contribution in [0.25, 0.3) is 0 Å². The number of hydrogen-bond acceptors (Lipinski definition) is 4. The van der Waals surface area contributed by atoms with Gasteiger partial charge in [0.2, 0.25) is 0 Å². The molecule has 0 saturated heterocycles. The van der Waals surface area contributed by atoms with Gasteiger partial charge in [-0.2, -0.15) is 0 Å². The van der Waals surface area contributed by atoms with Crippen molar-refractivity contribution in [2.75, 3.05) is 11.8 Å². The van der Waals surface area contributed by atoms with E-state index in [9.17, 15) is 13.2 Å². The van der Waals surface area contributed by atoms with Crippen LogP contribution in [0, 0.1) is 13.8 Å². The maximum atomic E-state index is 13.0. The van der Waals surface area contributed by atoms with Gasteiger partial charge in [0.1, 0.15) is 5.75 Å². The molecule has 0 aliphatic carbocycles. The Hall–Kier alpha value is -3.32. The van der Waals surface area contributed by atoms with Gasteiger partial charge >= 0.3 is 0 Å². The third kappa shape index (κ3) is 5.29. The third-order valence-corrected chi connectivity index (χ3v) is 6.71. The molecule has 0 radical (unpaired) electrons. The van der Waals surface area contributed by atoms with E-state index < -0.39 is 10.0 Å². The molecule has 0 spiro atoms. The summed E-state index contributed by atoms with van der Waals surface area (Å²) in [5, 5.41) is 3.05. The molecule has 3 aromatic carbocycles. The minimum atomic E-state index is -3.75. The Balaban J connectivity index is 1.82. The highest BCUT2D eigenvalue weighted by Crippen LogP contribution is 2.26. The predicted molar refractivity (Wildman–Crippen MR) is 127 cm³/mol. The van der Waals surface area contributed by atoms with Crippen LogP contribution in [-0.4, -0.2) is 21.4 Å². The molecule has 0 bridgehead atoms. The lowest BCUT2D eigenvalue weighted by Gasteiger charge is -2.19. The van der Waals surface area contributed by atoms with Gasteiger partial charge in [-0.1, -0.05) is 43.3 Å². The van der Waals surface area contributed by atoms with E-state index in [1.54, 1.807) is 50.4 Å². The molecule has 0 fully saturated rings. The van der Waals surface area contributed by atoms with Crippen molar-refractivity contribution in [3.8, 4) is 5.75 Å². The number of carbonyl (C=O) groups is 1. The molecule has 0 heterocycles. The first-order valence-electron chi connectivity index (χ1n) is 10.4. The number of rotatable bonds is 8. The second kappa shape index (κ2) is 9.87. The van der Waals surface area contributed by atoms with Gasteiger partial charge in [0.05, 0.1) is 23.7 Å². The van der Waals surface area contributed by atoms with Gasteiger partial charge < -0.3 is 10.1 Å². The smallest absolute Gasteiger partial charge is 0.261 e. The molecule has 168 valence electrons. The molecule has 3 aromatic rings. The van der Waals surface area contributed by atoms with Crippen LogP contribution in [-0.2, 0) is 10.0 Å². The van der Waals surface area contributed by atoms with Crippen LogP contribution in [0.1, 0.15) is 46.4 Å². The number of amides is 1. The quantitative estimate of drug-likeness (QED) is 0.504. The van der Waals surface area contributed by atoms with E-state index in [4.69, 9.17) is 4.74 Å². The molecule has 2 N–H and O–H groups in total. The normalized spacial score (nSPS) is 12.1. The van der Waals surface area contributed by atoms with Gasteiger partial charge in [-0.05, 0) is 67.3 Å². The van der Waals surface area contributed by atoms with Crippen molar-refractivity contribution < 1.29 is 17.9 Å². The molecule has 3 rings (SSSR count). The van der Waals surface area contributed by atoms with Gasteiger partial charge in [-0.25, -0.2) is 8.42 Å². The first kappa shape index (κ1) is 23.3. The summed E-state index contributed by atoms with van der Waals surface area (Å²) in [7, 11) is -2.13. The summed E-state index contributed by atoms with van der Waals surface area (Å²) in [4.78, 5) is 13.1. The maximum Gasteiger partial charge on any atom is 0.261 e. The fourth-order valence-electron chi connectivity index (χ4n) is 3.46. The number of nitrogens with one attached hydrogen (secondary N) is 2. The Morgan fingerprint density at radius 2 is 1.69 bits per heavy atom. The van der Waals surface area contributed by atoms with Crippen molar-refractivity contribution in [3.05, 3.63) is 89.0 Å². The van der Waals surface area contributed by atoms with E-state index >= 15 is 0 Å². The number of ether oxygens (including phenoxy) is 1. The zero-order valence-corrected chi connectivity index (χ0v) is 19.5. The molecular weight excluding hydrogens is 424 g/mol. The van der Waals surface area contributed by atoms with Crippen LogP contribution in [0.5, 0.6) is 5.75 Å². The van der Waals surface area contributed by atoms with E-state index in [0.717, 1.165) is 22.4 Å². The molecule has 0 unspecified atom stereocenters. The van der Waals surface area contributed by atoms with Crippen LogP contribution in [0.15, 0.2) is 71.6 Å². The number of benzene rings is 3. The Morgan fingerprint density at radius 3 is 2.31 bits per heavy atom. The number of methoxy groups -OCH3 is 1. The zero-order valence-electron chi connectivity index (χ0n) is 18.7. The van der Waals surface area contributed by atoms with Crippen molar-refractivity contribution in [2.24, 2.45) is 0 Å². The van der Waals surface area contributed by atoms with Crippen molar-refractivity contribution in [1.82, 2.24) is 5.32 Å². The van der Waals surface area contributed by atoms with Crippen molar-refractivity contribution >= 4 is 21.6 Å². The first-order valence-corrected chi connectivity index (χ1v) is 11.9. The fourth-order valence-corrected chi connectivity index (χ4v) is 4.60. The molecule has 0 aliphatic rings. The molecule has 32 heavy (non-hydrogen) atoms. The summed E-state index contributed by atoms with van der Waals surface area (Å²) in [5.74, 6) is 0.522. The van der Waals surface area contributed by atoms with Crippen LogP contribution in [0.3, 0.4) is 0 Å². The largest absolute Gasteiger partial charge is 0.496 e. The van der Waals surface area contributed by atoms with Crippen LogP contribution in [0.4, 0.5) is 5.69 Å². The second-order valence-corrected chi connectivity index (χ2v) is 9.29. The standard InChI is InChI=1S/C25H28N2O4S/c1-5-22(19-13-14-24(31-4)18(3)15-19)26-25(28)20-12-11-17(2)23(16-20)27-32(29,30)21-9-7-6-8-10-21/h6-16,22,27H,5H2,1-4H3,(H,26,28)/t22-/m0/s1. The van der Waals surface area contributed by atoms with Crippen molar-refractivity contribution in [3.63, 3.8) is 0 Å². The third-order valence-electron chi connectivity index (χ3n) is 5.33. The molecule has 1 amide bonds. The van der Waals surface area contributed by atoms with E-state index in [2.05, 4.69) is 10.0 Å². The van der Waals surface area contributed by atoms with Gasteiger partial charge in [0.25, 0.3) is 15.9 Å². The fraction of sp³-hybridized carbons (Fsp3) is 0.240. The first-order chi connectivity index (χ1) is 15.2. The van der Waals surface area contributed by atoms with Gasteiger partial charge in [-0.15, -0.1) is 0 Å². The van der Waals surface area contributed by atoms with E-state index in [0.29, 0.717) is 17.7 Å². The highest BCUT2D eigenvalue weighted by molar-refractivity contribution is 7.92.